The Balaban J connectivity index is 1.68. The van der Waals surface area contributed by atoms with Crippen LogP contribution in [0.3, 0.4) is 0 Å². The number of non-ortho nitro benzene ring substituents is 1. The molecule has 2 aromatic carbocycles. The van der Waals surface area contributed by atoms with Crippen LogP contribution in [-0.2, 0) is 4.79 Å². The smallest absolute Gasteiger partial charge is 0.271 e. The highest BCUT2D eigenvalue weighted by atomic mass is 16.6. The zero-order chi connectivity index (χ0) is 20.8. The fourth-order valence-electron chi connectivity index (χ4n) is 2.62. The zero-order valence-electron chi connectivity index (χ0n) is 15.9. The lowest BCUT2D eigenvalue weighted by molar-refractivity contribution is -0.384. The van der Waals surface area contributed by atoms with E-state index in [1.165, 1.54) is 16.8 Å². The van der Waals surface area contributed by atoms with Gasteiger partial charge in [0, 0.05) is 17.8 Å². The highest BCUT2D eigenvalue weighted by molar-refractivity contribution is 5.98. The fourth-order valence-corrected chi connectivity index (χ4v) is 2.62. The van der Waals surface area contributed by atoms with E-state index in [2.05, 4.69) is 26.2 Å². The monoisotopic (exact) mass is 393 g/mol. The third-order valence-corrected chi connectivity index (χ3v) is 4.10. The summed E-state index contributed by atoms with van der Waals surface area (Å²) in [5.41, 5.74) is 5.36. The summed E-state index contributed by atoms with van der Waals surface area (Å²) >= 11 is 0. The van der Waals surface area contributed by atoms with Crippen molar-refractivity contribution in [2.24, 2.45) is 5.10 Å². The molecule has 0 aliphatic rings. The van der Waals surface area contributed by atoms with Gasteiger partial charge in [0.05, 0.1) is 28.6 Å². The molecule has 0 atom stereocenters. The quantitative estimate of drug-likeness (QED) is 0.360. The average molecular weight is 393 g/mol. The molecule has 0 saturated carbocycles. The molecular weight excluding hydrogens is 374 g/mol. The molecule has 0 aliphatic heterocycles. The average Bonchev–Trinajstić information content (AvgIpc) is 3.12. The van der Waals surface area contributed by atoms with Gasteiger partial charge in [-0.3, -0.25) is 14.9 Å². The lowest BCUT2D eigenvalue weighted by Crippen LogP contribution is -2.26. The van der Waals surface area contributed by atoms with Crippen LogP contribution >= 0.6 is 0 Å². The minimum absolute atomic E-state index is 0.0393. The van der Waals surface area contributed by atoms with Crippen molar-refractivity contribution in [3.8, 4) is 5.69 Å². The van der Waals surface area contributed by atoms with Crippen LogP contribution in [0, 0.1) is 17.0 Å². The van der Waals surface area contributed by atoms with Gasteiger partial charge < -0.3 is 5.32 Å². The van der Waals surface area contributed by atoms with E-state index in [0.717, 1.165) is 5.69 Å². The van der Waals surface area contributed by atoms with Crippen LogP contribution in [0.25, 0.3) is 5.69 Å². The first-order valence-electron chi connectivity index (χ1n) is 8.75. The molecule has 29 heavy (non-hydrogen) atoms. The second-order valence-corrected chi connectivity index (χ2v) is 6.16. The van der Waals surface area contributed by atoms with Crippen molar-refractivity contribution >= 4 is 23.0 Å². The van der Waals surface area contributed by atoms with E-state index in [9.17, 15) is 14.9 Å². The minimum atomic E-state index is -0.470. The first kappa shape index (κ1) is 19.7. The second-order valence-electron chi connectivity index (χ2n) is 6.16. The van der Waals surface area contributed by atoms with Gasteiger partial charge >= 0.3 is 0 Å². The Kier molecular flexibility index (Phi) is 5.93. The molecule has 1 aromatic heterocycles. The first-order chi connectivity index (χ1) is 14.0. The standard InChI is InChI=1S/C19H19N7O3/c1-13(21-22-18(27)12-20-15-7-4-3-5-8-15)19-14(2)25(24-23-19)16-9-6-10-17(11-16)26(28)29/h3-11,20H,12H2,1-2H3,(H,22,27)/b21-13-. The van der Waals surface area contributed by atoms with E-state index >= 15 is 0 Å². The van der Waals surface area contributed by atoms with Gasteiger partial charge in [0.15, 0.2) is 0 Å². The number of para-hydroxylation sites is 1. The first-order valence-corrected chi connectivity index (χ1v) is 8.75. The lowest BCUT2D eigenvalue weighted by atomic mass is 10.2. The number of nitro benzene ring substituents is 1. The van der Waals surface area contributed by atoms with Crippen LogP contribution in [0.4, 0.5) is 11.4 Å². The number of hydrogen-bond acceptors (Lipinski definition) is 7. The Morgan fingerprint density at radius 3 is 2.69 bits per heavy atom. The van der Waals surface area contributed by atoms with E-state index in [1.807, 2.05) is 30.3 Å². The number of amides is 1. The number of nitrogens with zero attached hydrogens (tertiary/aromatic N) is 5. The van der Waals surface area contributed by atoms with E-state index in [0.29, 0.717) is 22.8 Å². The molecule has 148 valence electrons. The van der Waals surface area contributed by atoms with Gasteiger partial charge in [0.25, 0.3) is 11.6 Å². The van der Waals surface area contributed by atoms with Crippen molar-refractivity contribution in [2.75, 3.05) is 11.9 Å². The number of nitro groups is 1. The molecule has 0 fully saturated rings. The molecule has 2 N–H and O–H groups in total. The molecule has 10 heteroatoms. The molecule has 1 amide bonds. The number of hydrazone groups is 1. The molecule has 1 heterocycles. The summed E-state index contributed by atoms with van der Waals surface area (Å²) in [6.07, 6.45) is 0. The summed E-state index contributed by atoms with van der Waals surface area (Å²) in [5.74, 6) is -0.308. The molecule has 0 radical (unpaired) electrons. The predicted octanol–water partition coefficient (Wildman–Crippen LogP) is 2.44. The third-order valence-electron chi connectivity index (χ3n) is 4.10. The normalized spacial score (nSPS) is 11.2. The number of aromatic nitrogens is 3. The highest BCUT2D eigenvalue weighted by Gasteiger charge is 2.15. The van der Waals surface area contributed by atoms with Crippen LogP contribution in [0.1, 0.15) is 18.3 Å². The lowest BCUT2D eigenvalue weighted by Gasteiger charge is -2.06. The number of hydrogen-bond donors (Lipinski definition) is 2. The summed E-state index contributed by atoms with van der Waals surface area (Å²) in [7, 11) is 0. The summed E-state index contributed by atoms with van der Waals surface area (Å²) in [6, 6.07) is 15.4. The van der Waals surface area contributed by atoms with Crippen molar-refractivity contribution in [3.05, 3.63) is 76.1 Å². The van der Waals surface area contributed by atoms with E-state index < -0.39 is 4.92 Å². The molecule has 0 saturated heterocycles. The molecule has 0 bridgehead atoms. The van der Waals surface area contributed by atoms with Crippen LogP contribution in [0.15, 0.2) is 59.7 Å². The molecule has 0 unspecified atom stereocenters. The number of carbonyl (C=O) groups excluding carboxylic acids is 1. The van der Waals surface area contributed by atoms with Crippen molar-refractivity contribution < 1.29 is 9.72 Å². The van der Waals surface area contributed by atoms with E-state index in [1.54, 1.807) is 26.0 Å². The Morgan fingerprint density at radius 2 is 1.97 bits per heavy atom. The van der Waals surface area contributed by atoms with E-state index in [-0.39, 0.29) is 18.1 Å². The fraction of sp³-hybridized carbons (Fsp3) is 0.158. The van der Waals surface area contributed by atoms with Gasteiger partial charge in [-0.2, -0.15) is 5.10 Å². The number of nitrogens with one attached hydrogen (secondary N) is 2. The Hall–Kier alpha value is -4.08. The third kappa shape index (κ3) is 4.80. The van der Waals surface area contributed by atoms with Crippen LogP contribution < -0.4 is 10.7 Å². The zero-order valence-corrected chi connectivity index (χ0v) is 15.9. The van der Waals surface area contributed by atoms with Gasteiger partial charge in [-0.05, 0) is 32.0 Å². The van der Waals surface area contributed by atoms with E-state index in [4.69, 9.17) is 0 Å². The van der Waals surface area contributed by atoms with Gasteiger partial charge in [-0.1, -0.05) is 29.5 Å². The Bertz CT molecular complexity index is 1060. The Morgan fingerprint density at radius 1 is 1.21 bits per heavy atom. The van der Waals surface area contributed by atoms with Gasteiger partial charge in [-0.25, -0.2) is 10.1 Å². The maximum atomic E-state index is 12.0. The number of anilines is 1. The maximum absolute atomic E-state index is 12.0. The topological polar surface area (TPSA) is 127 Å². The van der Waals surface area contributed by atoms with Crippen LogP contribution in [0.5, 0.6) is 0 Å². The molecule has 10 nitrogen and oxygen atoms in total. The van der Waals surface area contributed by atoms with Crippen molar-refractivity contribution in [2.45, 2.75) is 13.8 Å². The Labute approximate surface area is 166 Å². The number of rotatable bonds is 7. The van der Waals surface area contributed by atoms with Gasteiger partial charge in [-0.15, -0.1) is 5.10 Å². The van der Waals surface area contributed by atoms with Crippen molar-refractivity contribution in [3.63, 3.8) is 0 Å². The number of carbonyl (C=O) groups is 1. The molecular formula is C19H19N7O3. The van der Waals surface area contributed by atoms with Crippen LogP contribution in [-0.4, -0.2) is 38.1 Å². The number of benzene rings is 2. The van der Waals surface area contributed by atoms with Gasteiger partial charge in [0.2, 0.25) is 0 Å². The summed E-state index contributed by atoms with van der Waals surface area (Å²) in [4.78, 5) is 22.5. The van der Waals surface area contributed by atoms with Crippen molar-refractivity contribution in [1.29, 1.82) is 0 Å². The molecule has 3 aromatic rings. The molecule has 0 spiro atoms. The SMILES string of the molecule is C/C(=N/NC(=O)CNc1ccccc1)c1nnn(-c2cccc([N+](=O)[O-])c2)c1C. The summed E-state index contributed by atoms with van der Waals surface area (Å²) in [5, 5.41) is 26.2. The van der Waals surface area contributed by atoms with Crippen molar-refractivity contribution in [1.82, 2.24) is 20.4 Å². The summed E-state index contributed by atoms with van der Waals surface area (Å²) in [6.45, 7) is 3.53. The highest BCUT2D eigenvalue weighted by Crippen LogP contribution is 2.18. The van der Waals surface area contributed by atoms with Crippen LogP contribution in [0.2, 0.25) is 0 Å². The summed E-state index contributed by atoms with van der Waals surface area (Å²) < 4.78 is 1.49. The molecule has 3 rings (SSSR count). The molecule has 0 aliphatic carbocycles. The second kappa shape index (κ2) is 8.74. The van der Waals surface area contributed by atoms with Gasteiger partial charge in [0.1, 0.15) is 5.69 Å². The largest absolute Gasteiger partial charge is 0.376 e. The predicted molar refractivity (Wildman–Crippen MR) is 108 cm³/mol. The minimum Gasteiger partial charge on any atom is -0.376 e. The maximum Gasteiger partial charge on any atom is 0.271 e.